The molecule has 0 fully saturated rings. The van der Waals surface area contributed by atoms with Crippen molar-refractivity contribution in [2.75, 3.05) is 14.2 Å². The Morgan fingerprint density at radius 1 is 1.04 bits per heavy atom. The van der Waals surface area contributed by atoms with Crippen LogP contribution in [0, 0.1) is 13.8 Å². The van der Waals surface area contributed by atoms with E-state index in [9.17, 15) is 9.59 Å². The number of carbonyl (C=O) groups excluding carboxylic acids is 1. The van der Waals surface area contributed by atoms with Gasteiger partial charge >= 0.3 is 5.63 Å². The van der Waals surface area contributed by atoms with E-state index < -0.39 is 5.63 Å². The lowest BCUT2D eigenvalue weighted by Crippen LogP contribution is -2.27. The molecule has 0 saturated carbocycles. The van der Waals surface area contributed by atoms with Crippen LogP contribution in [0.3, 0.4) is 0 Å². The summed E-state index contributed by atoms with van der Waals surface area (Å²) in [5.74, 6) is 0.763. The summed E-state index contributed by atoms with van der Waals surface area (Å²) in [5, 5.41) is 3.55. The highest BCUT2D eigenvalue weighted by Crippen LogP contribution is 2.33. The minimum atomic E-state index is -0.525. The van der Waals surface area contributed by atoms with Crippen LogP contribution in [0.5, 0.6) is 11.5 Å². The number of nitrogens with one attached hydrogen (secondary N) is 1. The number of amides is 1. The number of methoxy groups -OCH3 is 2. The van der Waals surface area contributed by atoms with E-state index in [4.69, 9.17) is 13.9 Å². The van der Waals surface area contributed by atoms with Crippen LogP contribution in [0.15, 0.2) is 45.6 Å². The van der Waals surface area contributed by atoms with E-state index in [0.717, 1.165) is 11.1 Å². The van der Waals surface area contributed by atoms with Gasteiger partial charge in [0.2, 0.25) is 5.91 Å². The molecule has 0 aliphatic heterocycles. The zero-order valence-corrected chi connectivity index (χ0v) is 16.4. The Bertz CT molecular complexity index is 1070. The molecule has 6 nitrogen and oxygen atoms in total. The van der Waals surface area contributed by atoms with Crippen LogP contribution in [0.1, 0.15) is 22.3 Å². The number of rotatable bonds is 6. The molecule has 0 saturated heterocycles. The maximum Gasteiger partial charge on any atom is 0.340 e. The molecule has 0 spiro atoms. The van der Waals surface area contributed by atoms with E-state index in [-0.39, 0.29) is 12.3 Å². The summed E-state index contributed by atoms with van der Waals surface area (Å²) in [5.41, 5.74) is 3.05. The fourth-order valence-electron chi connectivity index (χ4n) is 3.05. The molecular weight excluding hydrogens is 358 g/mol. The minimum absolute atomic E-state index is 0.0513. The van der Waals surface area contributed by atoms with Crippen molar-refractivity contribution >= 4 is 16.9 Å². The number of fused-ring (bicyclic) bond motifs is 1. The fraction of sp³-hybridized carbons (Fsp3) is 0.273. The standard InChI is InChI=1S/C22H23NO5/c1-13-5-7-15(8-6-13)12-23-21(24)10-17-14(2)16-9-19(26-3)20(27-4)11-18(16)28-22(17)25/h5-9,11H,10,12H2,1-4H3,(H,23,24). The molecule has 0 aliphatic carbocycles. The minimum Gasteiger partial charge on any atom is -0.493 e. The summed E-state index contributed by atoms with van der Waals surface area (Å²) < 4.78 is 16.0. The fourth-order valence-corrected chi connectivity index (χ4v) is 3.05. The molecule has 3 aromatic rings. The van der Waals surface area contributed by atoms with E-state index in [1.165, 1.54) is 14.2 Å². The largest absolute Gasteiger partial charge is 0.493 e. The molecule has 1 aromatic heterocycles. The van der Waals surface area contributed by atoms with Gasteiger partial charge in [0, 0.05) is 18.0 Å². The molecule has 0 aliphatic rings. The molecule has 0 radical (unpaired) electrons. The maximum absolute atomic E-state index is 12.4. The van der Waals surface area contributed by atoms with Crippen LogP contribution in [0.2, 0.25) is 0 Å². The van der Waals surface area contributed by atoms with Crippen LogP contribution in [0.25, 0.3) is 11.0 Å². The van der Waals surface area contributed by atoms with E-state index >= 15 is 0 Å². The van der Waals surface area contributed by atoms with Crippen LogP contribution in [-0.4, -0.2) is 20.1 Å². The molecule has 1 N–H and O–H groups in total. The zero-order valence-electron chi connectivity index (χ0n) is 16.4. The van der Waals surface area contributed by atoms with Gasteiger partial charge in [0.1, 0.15) is 5.58 Å². The molecule has 0 atom stereocenters. The first-order valence-electron chi connectivity index (χ1n) is 8.93. The van der Waals surface area contributed by atoms with Gasteiger partial charge in [0.25, 0.3) is 0 Å². The van der Waals surface area contributed by atoms with Gasteiger partial charge in [0.15, 0.2) is 11.5 Å². The van der Waals surface area contributed by atoms with Gasteiger partial charge in [-0.25, -0.2) is 4.79 Å². The molecule has 6 heteroatoms. The van der Waals surface area contributed by atoms with Crippen molar-refractivity contribution in [3.63, 3.8) is 0 Å². The molecule has 0 bridgehead atoms. The van der Waals surface area contributed by atoms with Crippen molar-refractivity contribution in [2.45, 2.75) is 26.8 Å². The molecule has 2 aromatic carbocycles. The SMILES string of the molecule is COc1cc2oc(=O)c(CC(=O)NCc3ccc(C)cc3)c(C)c2cc1OC. The highest BCUT2D eigenvalue weighted by atomic mass is 16.5. The number of hydrogen-bond donors (Lipinski definition) is 1. The summed E-state index contributed by atoms with van der Waals surface area (Å²) in [6, 6.07) is 11.3. The second kappa shape index (κ2) is 8.17. The Balaban J connectivity index is 1.84. The van der Waals surface area contributed by atoms with Crippen LogP contribution >= 0.6 is 0 Å². The third-order valence-corrected chi connectivity index (χ3v) is 4.74. The summed E-state index contributed by atoms with van der Waals surface area (Å²) in [6.45, 7) is 4.21. The van der Waals surface area contributed by atoms with Crippen molar-refractivity contribution in [3.05, 3.63) is 69.1 Å². The van der Waals surface area contributed by atoms with E-state index in [2.05, 4.69) is 5.32 Å². The van der Waals surface area contributed by atoms with Gasteiger partial charge in [-0.05, 0) is 31.0 Å². The molecule has 146 valence electrons. The summed E-state index contributed by atoms with van der Waals surface area (Å²) in [7, 11) is 3.05. The lowest BCUT2D eigenvalue weighted by atomic mass is 10.0. The predicted octanol–water partition coefficient (Wildman–Crippen LogP) is 3.29. The monoisotopic (exact) mass is 381 g/mol. The summed E-state index contributed by atoms with van der Waals surface area (Å²) >= 11 is 0. The van der Waals surface area contributed by atoms with Crippen LogP contribution < -0.4 is 20.4 Å². The highest BCUT2D eigenvalue weighted by Gasteiger charge is 2.17. The first kappa shape index (κ1) is 19.5. The Labute approximate surface area is 163 Å². The van der Waals surface area contributed by atoms with Gasteiger partial charge in [0.05, 0.1) is 26.2 Å². The van der Waals surface area contributed by atoms with E-state index in [0.29, 0.717) is 40.1 Å². The third-order valence-electron chi connectivity index (χ3n) is 4.74. The topological polar surface area (TPSA) is 77.8 Å². The highest BCUT2D eigenvalue weighted by molar-refractivity contribution is 5.86. The van der Waals surface area contributed by atoms with Crippen molar-refractivity contribution in [1.29, 1.82) is 0 Å². The number of aryl methyl sites for hydroxylation is 2. The number of hydrogen-bond acceptors (Lipinski definition) is 5. The Hall–Kier alpha value is -3.28. The third kappa shape index (κ3) is 4.01. The molecule has 0 unspecified atom stereocenters. The predicted molar refractivity (Wildman–Crippen MR) is 107 cm³/mol. The Morgan fingerprint density at radius 3 is 2.32 bits per heavy atom. The average molecular weight is 381 g/mol. The summed E-state index contributed by atoms with van der Waals surface area (Å²) in [4.78, 5) is 24.8. The lowest BCUT2D eigenvalue weighted by Gasteiger charge is -2.12. The van der Waals surface area contributed by atoms with Crippen LogP contribution in [0.4, 0.5) is 0 Å². The summed E-state index contributed by atoms with van der Waals surface area (Å²) in [6.07, 6.45) is -0.0513. The quantitative estimate of drug-likeness (QED) is 0.663. The van der Waals surface area contributed by atoms with E-state index in [1.807, 2.05) is 31.2 Å². The van der Waals surface area contributed by atoms with Crippen LogP contribution in [-0.2, 0) is 17.8 Å². The number of benzene rings is 2. The van der Waals surface area contributed by atoms with Crippen molar-refractivity contribution in [1.82, 2.24) is 5.32 Å². The maximum atomic E-state index is 12.4. The second-order valence-corrected chi connectivity index (χ2v) is 6.64. The van der Waals surface area contributed by atoms with Crippen molar-refractivity contribution in [2.24, 2.45) is 0 Å². The number of carbonyl (C=O) groups is 1. The molecule has 1 heterocycles. The molecule has 28 heavy (non-hydrogen) atoms. The molecular formula is C22H23NO5. The van der Waals surface area contributed by atoms with Crippen molar-refractivity contribution in [3.8, 4) is 11.5 Å². The first-order valence-corrected chi connectivity index (χ1v) is 8.93. The molecule has 3 rings (SSSR count). The van der Waals surface area contributed by atoms with Gasteiger partial charge in [-0.2, -0.15) is 0 Å². The zero-order chi connectivity index (χ0) is 20.3. The number of ether oxygens (including phenoxy) is 2. The smallest absolute Gasteiger partial charge is 0.340 e. The second-order valence-electron chi connectivity index (χ2n) is 6.64. The average Bonchev–Trinajstić information content (AvgIpc) is 2.69. The lowest BCUT2D eigenvalue weighted by molar-refractivity contribution is -0.120. The first-order chi connectivity index (χ1) is 13.4. The Kier molecular flexibility index (Phi) is 5.68. The Morgan fingerprint density at radius 2 is 1.68 bits per heavy atom. The van der Waals surface area contributed by atoms with Gasteiger partial charge in [-0.3, -0.25) is 4.79 Å². The normalized spacial score (nSPS) is 10.7. The molecule has 1 amide bonds. The van der Waals surface area contributed by atoms with Gasteiger partial charge in [-0.1, -0.05) is 29.8 Å². The van der Waals surface area contributed by atoms with Gasteiger partial charge < -0.3 is 19.2 Å². The van der Waals surface area contributed by atoms with E-state index in [1.54, 1.807) is 19.1 Å². The van der Waals surface area contributed by atoms with Crippen molar-refractivity contribution < 1.29 is 18.7 Å². The van der Waals surface area contributed by atoms with Gasteiger partial charge in [-0.15, -0.1) is 0 Å².